The lowest BCUT2D eigenvalue weighted by Crippen LogP contribution is -2.44. The third-order valence-corrected chi connectivity index (χ3v) is 1.82. The van der Waals surface area contributed by atoms with Gasteiger partial charge in [-0.3, -0.25) is 10.1 Å². The summed E-state index contributed by atoms with van der Waals surface area (Å²) in [5.74, 6) is -0.979. The molecule has 0 unspecified atom stereocenters. The fourth-order valence-corrected chi connectivity index (χ4v) is 1.09. The van der Waals surface area contributed by atoms with Crippen molar-refractivity contribution in [3.05, 3.63) is 0 Å². The van der Waals surface area contributed by atoms with Gasteiger partial charge in [-0.05, 0) is 6.92 Å². The molecule has 2 atom stereocenters. The van der Waals surface area contributed by atoms with Crippen molar-refractivity contribution in [2.75, 3.05) is 6.54 Å². The van der Waals surface area contributed by atoms with Crippen LogP contribution in [0.3, 0.4) is 0 Å². The molecular weight excluding hydrogens is 137 g/mol. The highest BCUT2D eigenvalue weighted by molar-refractivity contribution is 5.78. The van der Waals surface area contributed by atoms with E-state index in [-0.39, 0.29) is 13.0 Å². The van der Waals surface area contributed by atoms with Crippen LogP contribution in [-0.2, 0) is 4.79 Å². The van der Waals surface area contributed by atoms with E-state index >= 15 is 0 Å². The lowest BCUT2D eigenvalue weighted by molar-refractivity contribution is -0.143. The number of carboxylic acids is 1. The van der Waals surface area contributed by atoms with Gasteiger partial charge in [-0.25, -0.2) is 4.39 Å². The summed E-state index contributed by atoms with van der Waals surface area (Å²) in [7, 11) is 0. The van der Waals surface area contributed by atoms with Gasteiger partial charge in [0.25, 0.3) is 0 Å². The summed E-state index contributed by atoms with van der Waals surface area (Å²) in [6, 6.07) is 0. The van der Waals surface area contributed by atoms with Crippen LogP contribution < -0.4 is 5.32 Å². The van der Waals surface area contributed by atoms with Crippen molar-refractivity contribution >= 4 is 5.97 Å². The minimum absolute atomic E-state index is 0.0718. The molecule has 0 radical (unpaired) electrons. The molecule has 1 rings (SSSR count). The third kappa shape index (κ3) is 1.11. The van der Waals surface area contributed by atoms with E-state index in [9.17, 15) is 9.18 Å². The molecule has 1 saturated heterocycles. The highest BCUT2D eigenvalue weighted by Gasteiger charge is 2.41. The van der Waals surface area contributed by atoms with Gasteiger partial charge in [-0.1, -0.05) is 0 Å². The van der Waals surface area contributed by atoms with E-state index in [2.05, 4.69) is 5.32 Å². The summed E-state index contributed by atoms with van der Waals surface area (Å²) in [5.41, 5.74) is -1.04. The largest absolute Gasteiger partial charge is 0.480 e. The first-order chi connectivity index (χ1) is 4.54. The summed E-state index contributed by atoms with van der Waals surface area (Å²) in [6.45, 7) is 1.65. The lowest BCUT2D eigenvalue weighted by Gasteiger charge is -2.16. The van der Waals surface area contributed by atoms with Crippen molar-refractivity contribution in [1.29, 1.82) is 0 Å². The van der Waals surface area contributed by atoms with E-state index in [0.717, 1.165) is 0 Å². The highest BCUT2D eigenvalue weighted by atomic mass is 19.1. The molecule has 4 heteroatoms. The highest BCUT2D eigenvalue weighted by Crippen LogP contribution is 2.20. The molecule has 58 valence electrons. The van der Waals surface area contributed by atoms with Gasteiger partial charge < -0.3 is 5.11 Å². The summed E-state index contributed by atoms with van der Waals surface area (Å²) in [5, 5.41) is 11.2. The Hall–Kier alpha value is -0.640. The van der Waals surface area contributed by atoms with Crippen molar-refractivity contribution in [3.8, 4) is 0 Å². The normalized spacial score (nSPS) is 40.0. The van der Waals surface area contributed by atoms with Crippen LogP contribution in [0.1, 0.15) is 13.3 Å². The number of hydrogen-bond donors (Lipinski definition) is 2. The molecule has 1 fully saturated rings. The average Bonchev–Trinajstić information content (AvgIpc) is 2.13. The number of nitrogens with one attached hydrogen (secondary N) is 1. The maximum atomic E-state index is 12.5. The minimum atomic E-state index is -1.04. The quantitative estimate of drug-likeness (QED) is 0.555. The van der Waals surface area contributed by atoms with Crippen molar-refractivity contribution in [2.24, 2.45) is 0 Å². The Labute approximate surface area is 58.2 Å². The second kappa shape index (κ2) is 2.20. The zero-order valence-corrected chi connectivity index (χ0v) is 5.72. The predicted molar refractivity (Wildman–Crippen MR) is 33.6 cm³/mol. The molecule has 3 nitrogen and oxygen atoms in total. The molecule has 0 saturated carbocycles. The molecule has 0 aromatic rings. The first-order valence-electron chi connectivity index (χ1n) is 3.17. The Morgan fingerprint density at radius 1 is 1.90 bits per heavy atom. The zero-order valence-electron chi connectivity index (χ0n) is 5.72. The van der Waals surface area contributed by atoms with Gasteiger partial charge in [-0.15, -0.1) is 0 Å². The van der Waals surface area contributed by atoms with Crippen LogP contribution in [0.2, 0.25) is 0 Å². The Bertz CT molecular complexity index is 162. The fourth-order valence-electron chi connectivity index (χ4n) is 1.09. The van der Waals surface area contributed by atoms with E-state index < -0.39 is 17.7 Å². The lowest BCUT2D eigenvalue weighted by atomic mass is 10.0. The number of hydrogen-bond acceptors (Lipinski definition) is 2. The molecule has 1 heterocycles. The predicted octanol–water partition coefficient (Wildman–Crippen LogP) is 0.161. The molecule has 0 aromatic heterocycles. The number of aliphatic carboxylic acids is 1. The number of rotatable bonds is 1. The van der Waals surface area contributed by atoms with Crippen LogP contribution in [0.4, 0.5) is 4.39 Å². The molecule has 0 bridgehead atoms. The van der Waals surface area contributed by atoms with Crippen LogP contribution in [0.25, 0.3) is 0 Å². The van der Waals surface area contributed by atoms with E-state index in [4.69, 9.17) is 5.11 Å². The number of carbonyl (C=O) groups is 1. The van der Waals surface area contributed by atoms with E-state index in [1.54, 1.807) is 0 Å². The first kappa shape index (κ1) is 7.47. The first-order valence-corrected chi connectivity index (χ1v) is 3.17. The Morgan fingerprint density at radius 3 is 2.70 bits per heavy atom. The number of alkyl halides is 1. The summed E-state index contributed by atoms with van der Waals surface area (Å²) in [4.78, 5) is 10.4. The third-order valence-electron chi connectivity index (χ3n) is 1.82. The Kier molecular flexibility index (Phi) is 1.64. The fraction of sp³-hybridized carbons (Fsp3) is 0.833. The molecule has 0 aliphatic carbocycles. The Morgan fingerprint density at radius 2 is 2.50 bits per heavy atom. The van der Waals surface area contributed by atoms with Crippen LogP contribution in [0.15, 0.2) is 0 Å². The van der Waals surface area contributed by atoms with Gasteiger partial charge in [0.05, 0.1) is 0 Å². The SMILES string of the molecule is C[C@@]1(C(=O)O)C[C@H](F)CN1. The van der Waals surface area contributed by atoms with E-state index in [1.807, 2.05) is 0 Å². The van der Waals surface area contributed by atoms with Crippen LogP contribution in [-0.4, -0.2) is 29.3 Å². The van der Waals surface area contributed by atoms with Crippen LogP contribution in [0, 0.1) is 0 Å². The second-order valence-corrected chi connectivity index (χ2v) is 2.82. The molecular formula is C6H10FNO2. The van der Waals surface area contributed by atoms with Gasteiger partial charge in [0.2, 0.25) is 0 Å². The van der Waals surface area contributed by atoms with E-state index in [1.165, 1.54) is 6.92 Å². The molecule has 0 amide bonds. The van der Waals surface area contributed by atoms with E-state index in [0.29, 0.717) is 0 Å². The summed E-state index contributed by atoms with van der Waals surface area (Å²) >= 11 is 0. The average molecular weight is 147 g/mol. The number of halogens is 1. The summed E-state index contributed by atoms with van der Waals surface area (Å²) in [6.07, 6.45) is -0.941. The standard InChI is InChI=1S/C6H10FNO2/c1-6(5(9)10)2-4(7)3-8-6/h4,8H,2-3H2,1H3,(H,9,10)/t4-,6-/m0/s1. The van der Waals surface area contributed by atoms with Crippen molar-refractivity contribution < 1.29 is 14.3 Å². The maximum absolute atomic E-state index is 12.5. The van der Waals surface area contributed by atoms with Crippen LogP contribution in [0.5, 0.6) is 0 Å². The molecule has 0 spiro atoms. The van der Waals surface area contributed by atoms with Crippen LogP contribution >= 0.6 is 0 Å². The second-order valence-electron chi connectivity index (χ2n) is 2.82. The molecule has 1 aliphatic heterocycles. The summed E-state index contributed by atoms with van der Waals surface area (Å²) < 4.78 is 12.5. The number of carboxylic acid groups (broad SMARTS) is 1. The van der Waals surface area contributed by atoms with Gasteiger partial charge in [-0.2, -0.15) is 0 Å². The smallest absolute Gasteiger partial charge is 0.323 e. The monoisotopic (exact) mass is 147 g/mol. The molecule has 0 aromatic carbocycles. The minimum Gasteiger partial charge on any atom is -0.480 e. The zero-order chi connectivity index (χ0) is 7.78. The topological polar surface area (TPSA) is 49.3 Å². The van der Waals surface area contributed by atoms with Gasteiger partial charge >= 0.3 is 5.97 Å². The molecule has 10 heavy (non-hydrogen) atoms. The molecule has 2 N–H and O–H groups in total. The van der Waals surface area contributed by atoms with Crippen molar-refractivity contribution in [1.82, 2.24) is 5.32 Å². The maximum Gasteiger partial charge on any atom is 0.323 e. The molecule has 1 aliphatic rings. The Balaban J connectivity index is 2.63. The van der Waals surface area contributed by atoms with Gasteiger partial charge in [0.1, 0.15) is 11.7 Å². The van der Waals surface area contributed by atoms with Crippen molar-refractivity contribution in [2.45, 2.75) is 25.1 Å². The van der Waals surface area contributed by atoms with Gasteiger partial charge in [0, 0.05) is 13.0 Å². The van der Waals surface area contributed by atoms with Gasteiger partial charge in [0.15, 0.2) is 0 Å². The van der Waals surface area contributed by atoms with Crippen molar-refractivity contribution in [3.63, 3.8) is 0 Å².